The number of halogens is 3. The number of hydrogen-bond acceptors (Lipinski definition) is 2. The van der Waals surface area contributed by atoms with Gasteiger partial charge >= 0.3 is 11.8 Å². The van der Waals surface area contributed by atoms with Crippen molar-refractivity contribution >= 4 is 65.3 Å². The van der Waals surface area contributed by atoms with Crippen LogP contribution in [0.4, 0.5) is 5.69 Å². The van der Waals surface area contributed by atoms with Crippen LogP contribution in [0, 0.1) is 0 Å². The van der Waals surface area contributed by atoms with Crippen LogP contribution in [0.1, 0.15) is 0 Å². The van der Waals surface area contributed by atoms with Gasteiger partial charge in [0.25, 0.3) is 0 Å². The number of amides is 2. The Morgan fingerprint density at radius 1 is 1.13 bits per heavy atom. The number of anilines is 1. The number of carbonyl (C=O) groups excluding carboxylic acids is 2. The predicted octanol–water partition coefficient (Wildman–Crippen LogP) is 2.40. The fourth-order valence-electron chi connectivity index (χ4n) is 0.837. The molecule has 0 aromatic heterocycles. The molecule has 0 atom stereocenters. The highest BCUT2D eigenvalue weighted by Crippen LogP contribution is 2.34. The summed E-state index contributed by atoms with van der Waals surface area (Å²) in [5.74, 6) is -1.89. The minimum Gasteiger partial charge on any atom is -0.361 e. The first kappa shape index (κ1) is 12.7. The maximum atomic E-state index is 11.1. The molecule has 3 N–H and O–H groups in total. The van der Waals surface area contributed by atoms with E-state index in [0.717, 1.165) is 4.47 Å². The number of primary amides is 1. The van der Waals surface area contributed by atoms with Crippen molar-refractivity contribution < 1.29 is 9.59 Å². The first-order valence-electron chi connectivity index (χ1n) is 3.67. The van der Waals surface area contributed by atoms with E-state index in [9.17, 15) is 9.59 Å². The van der Waals surface area contributed by atoms with Crippen LogP contribution >= 0.6 is 47.8 Å². The first-order valence-corrected chi connectivity index (χ1v) is 6.05. The van der Waals surface area contributed by atoms with E-state index in [1.54, 1.807) is 12.1 Å². The van der Waals surface area contributed by atoms with Crippen molar-refractivity contribution in [2.75, 3.05) is 5.32 Å². The third-order valence-corrected chi connectivity index (χ3v) is 3.18. The third-order valence-electron chi connectivity index (χ3n) is 1.47. The molecule has 0 fully saturated rings. The van der Waals surface area contributed by atoms with Crippen LogP contribution in [0.5, 0.6) is 0 Å². The summed E-state index contributed by atoms with van der Waals surface area (Å²) < 4.78 is 2.11. The predicted molar refractivity (Wildman–Crippen MR) is 67.4 cm³/mol. The van der Waals surface area contributed by atoms with Crippen LogP contribution in [-0.4, -0.2) is 11.8 Å². The van der Waals surface area contributed by atoms with Crippen LogP contribution in [0.25, 0.3) is 0 Å². The zero-order valence-corrected chi connectivity index (χ0v) is 11.9. The molecule has 0 spiro atoms. The molecule has 0 aliphatic heterocycles. The molecular formula is C8H5Br3N2O2. The molecule has 0 aliphatic carbocycles. The van der Waals surface area contributed by atoms with Gasteiger partial charge in [-0.15, -0.1) is 0 Å². The number of rotatable bonds is 1. The molecule has 80 valence electrons. The van der Waals surface area contributed by atoms with Gasteiger partial charge in [0, 0.05) is 13.4 Å². The van der Waals surface area contributed by atoms with Crippen molar-refractivity contribution in [1.82, 2.24) is 0 Å². The lowest BCUT2D eigenvalue weighted by molar-refractivity contribution is -0.134. The van der Waals surface area contributed by atoms with Crippen LogP contribution < -0.4 is 11.1 Å². The normalized spacial score (nSPS) is 9.80. The molecule has 0 aliphatic rings. The second-order valence-electron chi connectivity index (χ2n) is 2.56. The van der Waals surface area contributed by atoms with Gasteiger partial charge in [-0.1, -0.05) is 15.9 Å². The van der Waals surface area contributed by atoms with E-state index in [4.69, 9.17) is 5.73 Å². The minimum absolute atomic E-state index is 0.460. The van der Waals surface area contributed by atoms with Crippen molar-refractivity contribution in [3.05, 3.63) is 25.6 Å². The Morgan fingerprint density at radius 3 is 2.00 bits per heavy atom. The molecular weight excluding hydrogens is 396 g/mol. The summed E-state index contributed by atoms with van der Waals surface area (Å²) in [5, 5.41) is 2.38. The number of nitrogens with one attached hydrogen (secondary N) is 1. The molecule has 7 heteroatoms. The quantitative estimate of drug-likeness (QED) is 0.710. The first-order chi connectivity index (χ1) is 6.91. The molecule has 1 aromatic carbocycles. The Morgan fingerprint density at radius 2 is 1.60 bits per heavy atom. The smallest absolute Gasteiger partial charge is 0.313 e. The van der Waals surface area contributed by atoms with Gasteiger partial charge in [-0.25, -0.2) is 0 Å². The van der Waals surface area contributed by atoms with Gasteiger partial charge in [0.2, 0.25) is 0 Å². The lowest BCUT2D eigenvalue weighted by Crippen LogP contribution is -2.29. The highest BCUT2D eigenvalue weighted by Gasteiger charge is 2.13. The molecule has 4 nitrogen and oxygen atoms in total. The van der Waals surface area contributed by atoms with Gasteiger partial charge in [0.1, 0.15) is 0 Å². The number of hydrogen-bond donors (Lipinski definition) is 2. The van der Waals surface area contributed by atoms with Crippen molar-refractivity contribution in [3.63, 3.8) is 0 Å². The maximum Gasteiger partial charge on any atom is 0.313 e. The van der Waals surface area contributed by atoms with Gasteiger partial charge in [-0.05, 0) is 44.0 Å². The summed E-state index contributed by atoms with van der Waals surface area (Å²) in [6.45, 7) is 0. The van der Waals surface area contributed by atoms with E-state index in [-0.39, 0.29) is 0 Å². The van der Waals surface area contributed by atoms with E-state index in [1.807, 2.05) is 0 Å². The Kier molecular flexibility index (Phi) is 4.30. The average Bonchev–Trinajstić information content (AvgIpc) is 2.10. The Balaban J connectivity index is 3.05. The van der Waals surface area contributed by atoms with E-state index < -0.39 is 11.8 Å². The van der Waals surface area contributed by atoms with Crippen LogP contribution in [0.3, 0.4) is 0 Å². The summed E-state index contributed by atoms with van der Waals surface area (Å²) >= 11 is 9.78. The topological polar surface area (TPSA) is 72.2 Å². The van der Waals surface area contributed by atoms with Gasteiger partial charge in [0.15, 0.2) is 0 Å². The molecule has 0 unspecified atom stereocenters. The van der Waals surface area contributed by atoms with Crippen LogP contribution in [0.2, 0.25) is 0 Å². The largest absolute Gasteiger partial charge is 0.361 e. The molecule has 2 amide bonds. The summed E-state index contributed by atoms with van der Waals surface area (Å²) in [4.78, 5) is 21.6. The minimum atomic E-state index is -1.03. The lowest BCUT2D eigenvalue weighted by Gasteiger charge is -2.08. The Labute approximate surface area is 111 Å². The van der Waals surface area contributed by atoms with Crippen molar-refractivity contribution in [1.29, 1.82) is 0 Å². The van der Waals surface area contributed by atoms with E-state index in [0.29, 0.717) is 14.6 Å². The monoisotopic (exact) mass is 398 g/mol. The van der Waals surface area contributed by atoms with Gasteiger partial charge < -0.3 is 11.1 Å². The lowest BCUT2D eigenvalue weighted by atomic mass is 10.3. The summed E-state index contributed by atoms with van der Waals surface area (Å²) in [5.41, 5.74) is 5.28. The highest BCUT2D eigenvalue weighted by atomic mass is 79.9. The fraction of sp³-hybridized carbons (Fsp3) is 0. The summed E-state index contributed by atoms with van der Waals surface area (Å²) in [6, 6.07) is 3.47. The van der Waals surface area contributed by atoms with E-state index >= 15 is 0 Å². The molecule has 0 heterocycles. The van der Waals surface area contributed by atoms with Crippen LogP contribution in [0.15, 0.2) is 25.6 Å². The molecule has 15 heavy (non-hydrogen) atoms. The molecule has 0 bridgehead atoms. The SMILES string of the molecule is NC(=O)C(=O)Nc1c(Br)cc(Br)cc1Br. The molecule has 0 saturated heterocycles. The Bertz CT molecular complexity index is 411. The van der Waals surface area contributed by atoms with Gasteiger partial charge in [-0.3, -0.25) is 9.59 Å². The number of benzene rings is 1. The zero-order chi connectivity index (χ0) is 11.6. The van der Waals surface area contributed by atoms with Crippen molar-refractivity contribution in [3.8, 4) is 0 Å². The molecule has 0 radical (unpaired) electrons. The van der Waals surface area contributed by atoms with Gasteiger partial charge in [0.05, 0.1) is 5.69 Å². The second kappa shape index (κ2) is 5.09. The fourth-order valence-corrected chi connectivity index (χ4v) is 3.29. The Hall–Kier alpha value is -0.400. The van der Waals surface area contributed by atoms with Gasteiger partial charge in [-0.2, -0.15) is 0 Å². The summed E-state index contributed by atoms with van der Waals surface area (Å²) in [7, 11) is 0. The average molecular weight is 401 g/mol. The van der Waals surface area contributed by atoms with Crippen molar-refractivity contribution in [2.45, 2.75) is 0 Å². The highest BCUT2D eigenvalue weighted by molar-refractivity contribution is 9.11. The van der Waals surface area contributed by atoms with E-state index in [2.05, 4.69) is 53.1 Å². The molecule has 1 aromatic rings. The van der Waals surface area contributed by atoms with Crippen LogP contribution in [-0.2, 0) is 9.59 Å². The number of nitrogens with two attached hydrogens (primary N) is 1. The zero-order valence-electron chi connectivity index (χ0n) is 7.18. The summed E-state index contributed by atoms with van der Waals surface area (Å²) in [6.07, 6.45) is 0. The molecule has 0 saturated carbocycles. The van der Waals surface area contributed by atoms with E-state index in [1.165, 1.54) is 0 Å². The maximum absolute atomic E-state index is 11.1. The standard InChI is InChI=1S/C8H5Br3N2O2/c9-3-1-4(10)6(5(11)2-3)13-8(15)7(12)14/h1-2H,(H2,12,14)(H,13,15). The second-order valence-corrected chi connectivity index (χ2v) is 5.19. The molecule has 1 rings (SSSR count). The number of carbonyl (C=O) groups is 2. The third kappa shape index (κ3) is 3.29. The van der Waals surface area contributed by atoms with Crippen molar-refractivity contribution in [2.24, 2.45) is 5.73 Å².